The summed E-state index contributed by atoms with van der Waals surface area (Å²) < 4.78 is 2.07. The Hall–Kier alpha value is -0.830. The van der Waals surface area contributed by atoms with E-state index in [0.29, 0.717) is 5.92 Å². The molecule has 1 saturated carbocycles. The van der Waals surface area contributed by atoms with Crippen LogP contribution in [0.1, 0.15) is 44.0 Å². The lowest BCUT2D eigenvalue weighted by molar-refractivity contribution is 0.139. The van der Waals surface area contributed by atoms with Crippen LogP contribution >= 0.6 is 0 Å². The molecule has 1 aliphatic rings. The summed E-state index contributed by atoms with van der Waals surface area (Å²) in [6.07, 6.45) is 5.46. The maximum atomic E-state index is 9.78. The second-order valence-electron chi connectivity index (χ2n) is 4.89. The van der Waals surface area contributed by atoms with E-state index < -0.39 is 0 Å². The van der Waals surface area contributed by atoms with Gasteiger partial charge in [0.2, 0.25) is 0 Å². The Morgan fingerprint density at radius 2 is 2.31 bits per heavy atom. The Morgan fingerprint density at radius 3 is 2.94 bits per heavy atom. The maximum Gasteiger partial charge on any atom is 0.0596 e. The summed E-state index contributed by atoms with van der Waals surface area (Å²) in [5.41, 5.74) is 2.41. The highest BCUT2D eigenvalue weighted by Gasteiger charge is 2.28. The fraction of sp³-hybridized carbons (Fsp3) is 0.769. The van der Waals surface area contributed by atoms with Crippen LogP contribution in [0.3, 0.4) is 0 Å². The topological polar surface area (TPSA) is 38.0 Å². The first-order valence-electron chi connectivity index (χ1n) is 6.42. The monoisotopic (exact) mass is 222 g/mol. The van der Waals surface area contributed by atoms with Crippen LogP contribution in [0.15, 0.2) is 6.07 Å². The number of hydrogen-bond acceptors (Lipinski definition) is 2. The molecule has 3 nitrogen and oxygen atoms in total. The van der Waals surface area contributed by atoms with Crippen molar-refractivity contribution in [1.82, 2.24) is 9.78 Å². The van der Waals surface area contributed by atoms with E-state index in [0.717, 1.165) is 31.5 Å². The van der Waals surface area contributed by atoms with Crippen LogP contribution < -0.4 is 0 Å². The summed E-state index contributed by atoms with van der Waals surface area (Å²) in [6.45, 7) is 5.10. The smallest absolute Gasteiger partial charge is 0.0596 e. The summed E-state index contributed by atoms with van der Waals surface area (Å²) in [5.74, 6) is 0.609. The zero-order valence-electron chi connectivity index (χ0n) is 10.3. The highest BCUT2D eigenvalue weighted by molar-refractivity contribution is 5.09. The Labute approximate surface area is 97.5 Å². The Kier molecular flexibility index (Phi) is 3.64. The van der Waals surface area contributed by atoms with Gasteiger partial charge in [-0.25, -0.2) is 0 Å². The Balaban J connectivity index is 1.79. The first-order valence-corrected chi connectivity index (χ1v) is 6.42. The Morgan fingerprint density at radius 1 is 1.56 bits per heavy atom. The van der Waals surface area contributed by atoms with Gasteiger partial charge in [-0.15, -0.1) is 0 Å². The molecule has 0 saturated heterocycles. The average molecular weight is 222 g/mol. The first-order chi connectivity index (χ1) is 7.70. The lowest BCUT2D eigenvalue weighted by Gasteiger charge is -2.09. The van der Waals surface area contributed by atoms with Gasteiger partial charge >= 0.3 is 0 Å². The molecule has 1 aromatic rings. The SMILES string of the molecule is CCn1nc(C)cc1CCCC(O)C1CC1. The molecule has 0 aliphatic heterocycles. The van der Waals surface area contributed by atoms with E-state index in [1.165, 1.54) is 18.5 Å². The first kappa shape index (κ1) is 11.6. The quantitative estimate of drug-likeness (QED) is 0.802. The molecule has 1 aromatic heterocycles. The van der Waals surface area contributed by atoms with Gasteiger partial charge in [0, 0.05) is 12.2 Å². The summed E-state index contributed by atoms with van der Waals surface area (Å²) in [7, 11) is 0. The van der Waals surface area contributed by atoms with Gasteiger partial charge in [-0.05, 0) is 57.9 Å². The van der Waals surface area contributed by atoms with Gasteiger partial charge in [-0.2, -0.15) is 5.10 Å². The van der Waals surface area contributed by atoms with E-state index in [9.17, 15) is 5.11 Å². The molecule has 1 heterocycles. The predicted molar refractivity (Wildman–Crippen MR) is 64.3 cm³/mol. The molecule has 90 valence electrons. The van der Waals surface area contributed by atoms with Crippen molar-refractivity contribution < 1.29 is 5.11 Å². The van der Waals surface area contributed by atoms with E-state index in [1.54, 1.807) is 0 Å². The predicted octanol–water partition coefficient (Wildman–Crippen LogP) is 2.31. The van der Waals surface area contributed by atoms with Crippen molar-refractivity contribution in [3.8, 4) is 0 Å². The highest BCUT2D eigenvalue weighted by Crippen LogP contribution is 2.34. The Bertz CT molecular complexity index is 342. The van der Waals surface area contributed by atoms with Crippen LogP contribution in [-0.4, -0.2) is 21.0 Å². The molecule has 16 heavy (non-hydrogen) atoms. The van der Waals surface area contributed by atoms with Crippen LogP contribution in [0, 0.1) is 12.8 Å². The van der Waals surface area contributed by atoms with Gasteiger partial charge in [0.15, 0.2) is 0 Å². The third-order valence-corrected chi connectivity index (χ3v) is 3.38. The van der Waals surface area contributed by atoms with E-state index in [1.807, 2.05) is 6.92 Å². The molecule has 0 aromatic carbocycles. The van der Waals surface area contributed by atoms with Crippen molar-refractivity contribution >= 4 is 0 Å². The summed E-state index contributed by atoms with van der Waals surface area (Å²) in [5, 5.41) is 14.2. The van der Waals surface area contributed by atoms with Crippen LogP contribution in [0.5, 0.6) is 0 Å². The van der Waals surface area contributed by atoms with Gasteiger partial charge in [0.05, 0.1) is 11.8 Å². The third kappa shape index (κ3) is 2.85. The van der Waals surface area contributed by atoms with Crippen molar-refractivity contribution in [3.05, 3.63) is 17.5 Å². The molecule has 1 N–H and O–H groups in total. The molecule has 1 aliphatic carbocycles. The van der Waals surface area contributed by atoms with Crippen LogP contribution in [0.2, 0.25) is 0 Å². The highest BCUT2D eigenvalue weighted by atomic mass is 16.3. The van der Waals surface area contributed by atoms with Crippen molar-refractivity contribution in [1.29, 1.82) is 0 Å². The fourth-order valence-electron chi connectivity index (χ4n) is 2.28. The molecule has 0 bridgehead atoms. The second-order valence-corrected chi connectivity index (χ2v) is 4.89. The number of aliphatic hydroxyl groups excluding tert-OH is 1. The minimum atomic E-state index is -0.0564. The van der Waals surface area contributed by atoms with Crippen molar-refractivity contribution in [2.45, 2.75) is 58.6 Å². The van der Waals surface area contributed by atoms with E-state index in [2.05, 4.69) is 22.8 Å². The number of nitrogens with zero attached hydrogens (tertiary/aromatic N) is 2. The van der Waals surface area contributed by atoms with Gasteiger partial charge in [0.1, 0.15) is 0 Å². The number of hydrogen-bond donors (Lipinski definition) is 1. The zero-order chi connectivity index (χ0) is 11.5. The third-order valence-electron chi connectivity index (χ3n) is 3.38. The van der Waals surface area contributed by atoms with Gasteiger partial charge in [-0.1, -0.05) is 0 Å². The molecule has 3 heteroatoms. The summed E-state index contributed by atoms with van der Waals surface area (Å²) >= 11 is 0. The lowest BCUT2D eigenvalue weighted by atomic mass is 10.1. The van der Waals surface area contributed by atoms with E-state index >= 15 is 0 Å². The molecule has 0 amide bonds. The average Bonchev–Trinajstić information content (AvgIpc) is 3.03. The largest absolute Gasteiger partial charge is 0.393 e. The van der Waals surface area contributed by atoms with Gasteiger partial charge in [0.25, 0.3) is 0 Å². The number of aryl methyl sites for hydroxylation is 3. The molecule has 0 radical (unpaired) electrons. The zero-order valence-corrected chi connectivity index (χ0v) is 10.3. The number of aromatic nitrogens is 2. The molecular formula is C13H22N2O. The van der Waals surface area contributed by atoms with Crippen LogP contribution in [0.4, 0.5) is 0 Å². The van der Waals surface area contributed by atoms with E-state index in [4.69, 9.17) is 0 Å². The van der Waals surface area contributed by atoms with Gasteiger partial charge in [-0.3, -0.25) is 4.68 Å². The summed E-state index contributed by atoms with van der Waals surface area (Å²) in [4.78, 5) is 0. The summed E-state index contributed by atoms with van der Waals surface area (Å²) in [6, 6.07) is 2.16. The standard InChI is InChI=1S/C13H22N2O/c1-3-15-12(9-10(2)14-15)5-4-6-13(16)11-7-8-11/h9,11,13,16H,3-8H2,1-2H3. The molecule has 0 spiro atoms. The van der Waals surface area contributed by atoms with Crippen molar-refractivity contribution in [2.24, 2.45) is 5.92 Å². The number of rotatable bonds is 6. The maximum absolute atomic E-state index is 9.78. The van der Waals surface area contributed by atoms with Crippen LogP contribution in [0.25, 0.3) is 0 Å². The van der Waals surface area contributed by atoms with Crippen molar-refractivity contribution in [2.75, 3.05) is 0 Å². The van der Waals surface area contributed by atoms with Crippen molar-refractivity contribution in [3.63, 3.8) is 0 Å². The molecule has 1 atom stereocenters. The molecule has 1 fully saturated rings. The van der Waals surface area contributed by atoms with E-state index in [-0.39, 0.29) is 6.10 Å². The number of aliphatic hydroxyl groups is 1. The van der Waals surface area contributed by atoms with Crippen LogP contribution in [-0.2, 0) is 13.0 Å². The minimum absolute atomic E-state index is 0.0564. The second kappa shape index (κ2) is 5.00. The fourth-order valence-corrected chi connectivity index (χ4v) is 2.28. The molecular weight excluding hydrogens is 200 g/mol. The lowest BCUT2D eigenvalue weighted by Crippen LogP contribution is -2.10. The normalized spacial score (nSPS) is 17.7. The van der Waals surface area contributed by atoms with Gasteiger partial charge < -0.3 is 5.11 Å². The minimum Gasteiger partial charge on any atom is -0.393 e. The molecule has 1 unspecified atom stereocenters. The molecule has 2 rings (SSSR count).